The third kappa shape index (κ3) is 3.87. The number of rotatable bonds is 5. The highest BCUT2D eigenvalue weighted by Gasteiger charge is 2.14. The molecule has 0 atom stereocenters. The van der Waals surface area contributed by atoms with Gasteiger partial charge >= 0.3 is 0 Å². The molecular formula is C19H16N4O2S. The zero-order chi connectivity index (χ0) is 18.5. The van der Waals surface area contributed by atoms with Crippen molar-refractivity contribution >= 4 is 23.1 Å². The number of methoxy groups -OCH3 is 1. The van der Waals surface area contributed by atoms with E-state index < -0.39 is 5.56 Å². The fraction of sp³-hybridized carbons (Fsp3) is 0.105. The van der Waals surface area contributed by atoms with Crippen LogP contribution in [0.2, 0.25) is 0 Å². The molecule has 1 aromatic heterocycles. The first kappa shape index (κ1) is 17.6. The van der Waals surface area contributed by atoms with Crippen LogP contribution in [0, 0.1) is 6.57 Å². The molecule has 2 aromatic carbocycles. The first-order valence-corrected chi connectivity index (χ1v) is 8.72. The second-order valence-electron chi connectivity index (χ2n) is 5.44. The van der Waals surface area contributed by atoms with E-state index in [0.717, 1.165) is 5.56 Å². The topological polar surface area (TPSA) is 85.4 Å². The fourth-order valence-electron chi connectivity index (χ4n) is 2.36. The van der Waals surface area contributed by atoms with E-state index in [-0.39, 0.29) is 5.69 Å². The van der Waals surface area contributed by atoms with Crippen LogP contribution in [0.5, 0.6) is 5.75 Å². The molecule has 130 valence electrons. The summed E-state index contributed by atoms with van der Waals surface area (Å²) in [6.45, 7) is 7.32. The maximum atomic E-state index is 12.3. The molecule has 0 aliphatic rings. The largest absolute Gasteiger partial charge is 0.497 e. The standard InChI is InChI=1S/C19H16N4O2S/c1-21-17-16(13-4-3-5-15(10-13)25-2)22-19(23-18(17)24)26-11-12-6-8-14(20)9-7-12/h3-10H,11,20H2,2H3,(H,22,23,24). The first-order valence-electron chi connectivity index (χ1n) is 7.74. The molecule has 3 N–H and O–H groups in total. The summed E-state index contributed by atoms with van der Waals surface area (Å²) in [5.41, 5.74) is 7.98. The number of benzene rings is 2. The van der Waals surface area contributed by atoms with Crippen molar-refractivity contribution in [2.24, 2.45) is 0 Å². The number of ether oxygens (including phenoxy) is 1. The Morgan fingerprint density at radius 3 is 2.73 bits per heavy atom. The van der Waals surface area contributed by atoms with Crippen LogP contribution in [0.1, 0.15) is 5.56 Å². The number of nitrogens with two attached hydrogens (primary N) is 1. The van der Waals surface area contributed by atoms with Crippen LogP contribution in [-0.4, -0.2) is 17.1 Å². The lowest BCUT2D eigenvalue weighted by Crippen LogP contribution is -2.09. The number of aromatic amines is 1. The van der Waals surface area contributed by atoms with Crippen molar-refractivity contribution in [2.45, 2.75) is 10.9 Å². The summed E-state index contributed by atoms with van der Waals surface area (Å²) in [5.74, 6) is 1.26. The van der Waals surface area contributed by atoms with E-state index in [1.807, 2.05) is 24.3 Å². The maximum Gasteiger partial charge on any atom is 0.276 e. The Morgan fingerprint density at radius 2 is 2.04 bits per heavy atom. The van der Waals surface area contributed by atoms with Crippen molar-refractivity contribution in [3.63, 3.8) is 0 Å². The van der Waals surface area contributed by atoms with Gasteiger partial charge in [0.05, 0.1) is 19.4 Å². The quantitative estimate of drug-likeness (QED) is 0.311. The molecule has 7 heteroatoms. The first-order chi connectivity index (χ1) is 12.6. The molecule has 0 amide bonds. The Bertz CT molecular complexity index is 1020. The van der Waals surface area contributed by atoms with Gasteiger partial charge < -0.3 is 15.5 Å². The summed E-state index contributed by atoms with van der Waals surface area (Å²) in [4.78, 5) is 22.8. The molecule has 0 saturated heterocycles. The van der Waals surface area contributed by atoms with E-state index >= 15 is 0 Å². The minimum absolute atomic E-state index is 0.0323. The predicted molar refractivity (Wildman–Crippen MR) is 104 cm³/mol. The second kappa shape index (κ2) is 7.76. The number of nitrogens with zero attached hydrogens (tertiary/aromatic N) is 2. The summed E-state index contributed by atoms with van der Waals surface area (Å²) in [6.07, 6.45) is 0. The predicted octanol–water partition coefficient (Wildman–Crippen LogP) is 3.87. The molecule has 0 spiro atoms. The Morgan fingerprint density at radius 1 is 1.27 bits per heavy atom. The number of hydrogen-bond donors (Lipinski definition) is 2. The second-order valence-corrected chi connectivity index (χ2v) is 6.41. The van der Waals surface area contributed by atoms with Crippen molar-refractivity contribution in [1.29, 1.82) is 0 Å². The molecule has 1 heterocycles. The number of H-pyrrole nitrogens is 1. The Hall–Kier alpha value is -3.24. The van der Waals surface area contributed by atoms with Gasteiger partial charge in [-0.2, -0.15) is 0 Å². The minimum Gasteiger partial charge on any atom is -0.497 e. The molecule has 0 unspecified atom stereocenters. The smallest absolute Gasteiger partial charge is 0.276 e. The highest BCUT2D eigenvalue weighted by atomic mass is 32.2. The van der Waals surface area contributed by atoms with Gasteiger partial charge in [-0.05, 0) is 35.4 Å². The van der Waals surface area contributed by atoms with Gasteiger partial charge in [-0.1, -0.05) is 36.0 Å². The number of thioether (sulfide) groups is 1. The molecule has 3 rings (SSSR count). The highest BCUT2D eigenvalue weighted by molar-refractivity contribution is 7.98. The van der Waals surface area contributed by atoms with Crippen LogP contribution in [-0.2, 0) is 5.75 Å². The zero-order valence-electron chi connectivity index (χ0n) is 14.0. The summed E-state index contributed by atoms with van der Waals surface area (Å²) >= 11 is 1.39. The molecule has 26 heavy (non-hydrogen) atoms. The molecule has 0 radical (unpaired) electrons. The van der Waals surface area contributed by atoms with E-state index in [4.69, 9.17) is 17.0 Å². The molecule has 0 aliphatic heterocycles. The van der Waals surface area contributed by atoms with Gasteiger partial charge in [0.25, 0.3) is 11.2 Å². The van der Waals surface area contributed by atoms with Gasteiger partial charge in [0.2, 0.25) is 0 Å². The summed E-state index contributed by atoms with van der Waals surface area (Å²) in [5, 5.41) is 0.456. The average Bonchev–Trinajstić information content (AvgIpc) is 2.67. The van der Waals surface area contributed by atoms with Gasteiger partial charge in [0.15, 0.2) is 5.16 Å². The molecule has 0 aliphatic carbocycles. The van der Waals surface area contributed by atoms with E-state index in [9.17, 15) is 4.79 Å². The molecule has 6 nitrogen and oxygen atoms in total. The van der Waals surface area contributed by atoms with Crippen LogP contribution in [0.4, 0.5) is 11.4 Å². The fourth-order valence-corrected chi connectivity index (χ4v) is 3.17. The summed E-state index contributed by atoms with van der Waals surface area (Å²) in [6, 6.07) is 14.7. The number of aromatic nitrogens is 2. The van der Waals surface area contributed by atoms with Crippen LogP contribution in [0.15, 0.2) is 58.5 Å². The lowest BCUT2D eigenvalue weighted by atomic mass is 10.1. The van der Waals surface area contributed by atoms with Gasteiger partial charge in [0, 0.05) is 11.4 Å². The maximum absolute atomic E-state index is 12.3. The molecular weight excluding hydrogens is 348 g/mol. The Balaban J connectivity index is 1.95. The van der Waals surface area contributed by atoms with Crippen LogP contribution in [0.25, 0.3) is 16.1 Å². The molecule has 0 saturated carbocycles. The summed E-state index contributed by atoms with van der Waals surface area (Å²) < 4.78 is 5.22. The SMILES string of the molecule is [C-]#[N+]c1c(-c2cccc(OC)c2)nc(SCc2ccc(N)cc2)[nH]c1=O. The van der Waals surface area contributed by atoms with Gasteiger partial charge in [0.1, 0.15) is 5.75 Å². The van der Waals surface area contributed by atoms with Crippen molar-refractivity contribution < 1.29 is 4.74 Å². The highest BCUT2D eigenvalue weighted by Crippen LogP contribution is 2.30. The van der Waals surface area contributed by atoms with E-state index in [2.05, 4.69) is 14.8 Å². The van der Waals surface area contributed by atoms with E-state index in [0.29, 0.717) is 33.6 Å². The monoisotopic (exact) mass is 364 g/mol. The number of nitrogen functional groups attached to an aromatic ring is 1. The number of nitrogens with one attached hydrogen (secondary N) is 1. The Kier molecular flexibility index (Phi) is 5.25. The summed E-state index contributed by atoms with van der Waals surface area (Å²) in [7, 11) is 1.56. The van der Waals surface area contributed by atoms with Crippen LogP contribution in [0.3, 0.4) is 0 Å². The lowest BCUT2D eigenvalue weighted by Gasteiger charge is -2.08. The molecule has 3 aromatic rings. The van der Waals surface area contributed by atoms with Gasteiger partial charge in [-0.15, -0.1) is 0 Å². The van der Waals surface area contributed by atoms with Gasteiger partial charge in [-0.25, -0.2) is 9.83 Å². The van der Waals surface area contributed by atoms with Crippen LogP contribution < -0.4 is 16.0 Å². The van der Waals surface area contributed by atoms with Crippen molar-refractivity contribution in [3.8, 4) is 17.0 Å². The van der Waals surface area contributed by atoms with E-state index in [1.54, 1.807) is 31.4 Å². The third-order valence-electron chi connectivity index (χ3n) is 3.68. The molecule has 0 bridgehead atoms. The Labute approximate surface area is 154 Å². The van der Waals surface area contributed by atoms with E-state index in [1.165, 1.54) is 11.8 Å². The van der Waals surface area contributed by atoms with Crippen molar-refractivity contribution in [3.05, 3.63) is 75.9 Å². The molecule has 0 fully saturated rings. The number of hydrogen-bond acceptors (Lipinski definition) is 5. The van der Waals surface area contributed by atoms with Crippen molar-refractivity contribution in [1.82, 2.24) is 9.97 Å². The average molecular weight is 364 g/mol. The van der Waals surface area contributed by atoms with Gasteiger partial charge in [-0.3, -0.25) is 4.79 Å². The van der Waals surface area contributed by atoms with Crippen molar-refractivity contribution in [2.75, 3.05) is 12.8 Å². The zero-order valence-corrected chi connectivity index (χ0v) is 14.8. The minimum atomic E-state index is -0.451. The number of anilines is 1. The third-order valence-corrected chi connectivity index (χ3v) is 4.63. The normalized spacial score (nSPS) is 10.3. The lowest BCUT2D eigenvalue weighted by molar-refractivity contribution is 0.415. The van der Waals surface area contributed by atoms with Crippen LogP contribution >= 0.6 is 11.8 Å².